The van der Waals surface area contributed by atoms with Crippen LogP contribution in [0.3, 0.4) is 0 Å². The standard InChI is InChI=1S/C17H25ClN2O2/c1-2-20-10-4-3-5-15(20)12-19-17(22)11-16(21)13-6-8-14(18)9-7-13/h6-9,15-16,21H,2-5,10-12H2,1H3,(H,19,22). The van der Waals surface area contributed by atoms with Crippen LogP contribution in [0.2, 0.25) is 5.02 Å². The lowest BCUT2D eigenvalue weighted by atomic mass is 10.0. The van der Waals surface area contributed by atoms with Gasteiger partial charge in [-0.1, -0.05) is 37.1 Å². The van der Waals surface area contributed by atoms with Crippen LogP contribution in [0.25, 0.3) is 0 Å². The Labute approximate surface area is 137 Å². The zero-order valence-electron chi connectivity index (χ0n) is 13.1. The summed E-state index contributed by atoms with van der Waals surface area (Å²) in [5, 5.41) is 13.7. The number of rotatable bonds is 6. The molecule has 22 heavy (non-hydrogen) atoms. The number of likely N-dealkylation sites (N-methyl/N-ethyl adjacent to an activating group) is 1. The SMILES string of the molecule is CCN1CCCCC1CNC(=O)CC(O)c1ccc(Cl)cc1. The molecule has 1 heterocycles. The van der Waals surface area contributed by atoms with Crippen LogP contribution in [0.1, 0.15) is 44.3 Å². The van der Waals surface area contributed by atoms with E-state index in [9.17, 15) is 9.90 Å². The molecule has 1 saturated heterocycles. The lowest BCUT2D eigenvalue weighted by Gasteiger charge is -2.34. The molecule has 122 valence electrons. The number of piperidine rings is 1. The Morgan fingerprint density at radius 1 is 1.41 bits per heavy atom. The fraction of sp³-hybridized carbons (Fsp3) is 0.588. The minimum atomic E-state index is -0.786. The van der Waals surface area contributed by atoms with Crippen molar-refractivity contribution in [3.63, 3.8) is 0 Å². The Morgan fingerprint density at radius 2 is 2.14 bits per heavy atom. The van der Waals surface area contributed by atoms with Crippen LogP contribution in [-0.2, 0) is 4.79 Å². The van der Waals surface area contributed by atoms with Crippen molar-refractivity contribution in [1.82, 2.24) is 10.2 Å². The van der Waals surface area contributed by atoms with Gasteiger partial charge in [0, 0.05) is 17.6 Å². The van der Waals surface area contributed by atoms with E-state index in [1.807, 2.05) is 0 Å². The number of aliphatic hydroxyl groups excluding tert-OH is 1. The Balaban J connectivity index is 1.78. The van der Waals surface area contributed by atoms with Crippen LogP contribution in [-0.4, -0.2) is 41.6 Å². The minimum absolute atomic E-state index is 0.0838. The first kappa shape index (κ1) is 17.3. The Morgan fingerprint density at radius 3 is 2.82 bits per heavy atom. The summed E-state index contributed by atoms with van der Waals surface area (Å²) < 4.78 is 0. The number of hydrogen-bond donors (Lipinski definition) is 2. The Bertz CT molecular complexity index is 478. The molecule has 2 atom stereocenters. The molecule has 5 heteroatoms. The van der Waals surface area contributed by atoms with Gasteiger partial charge in [0.15, 0.2) is 0 Å². The van der Waals surface area contributed by atoms with Gasteiger partial charge in [0.25, 0.3) is 0 Å². The van der Waals surface area contributed by atoms with Gasteiger partial charge in [-0.05, 0) is 43.6 Å². The van der Waals surface area contributed by atoms with Crippen LogP contribution in [0, 0.1) is 0 Å². The molecule has 1 aromatic rings. The van der Waals surface area contributed by atoms with Crippen LogP contribution >= 0.6 is 11.6 Å². The van der Waals surface area contributed by atoms with Gasteiger partial charge in [0.05, 0.1) is 12.5 Å². The molecule has 2 unspecified atom stereocenters. The first-order valence-corrected chi connectivity index (χ1v) is 8.42. The summed E-state index contributed by atoms with van der Waals surface area (Å²) in [6, 6.07) is 7.37. The Kier molecular flexibility index (Phi) is 6.68. The van der Waals surface area contributed by atoms with Gasteiger partial charge in [-0.2, -0.15) is 0 Å². The first-order valence-electron chi connectivity index (χ1n) is 8.04. The molecular weight excluding hydrogens is 300 g/mol. The molecule has 1 amide bonds. The van der Waals surface area contributed by atoms with Gasteiger partial charge in [0.2, 0.25) is 5.91 Å². The van der Waals surface area contributed by atoms with Crippen molar-refractivity contribution in [3.05, 3.63) is 34.9 Å². The number of nitrogens with zero attached hydrogens (tertiary/aromatic N) is 1. The average molecular weight is 325 g/mol. The summed E-state index contributed by atoms with van der Waals surface area (Å²) in [6.07, 6.45) is 2.90. The van der Waals surface area contributed by atoms with E-state index in [-0.39, 0.29) is 12.3 Å². The smallest absolute Gasteiger partial charge is 0.223 e. The minimum Gasteiger partial charge on any atom is -0.388 e. The summed E-state index contributed by atoms with van der Waals surface area (Å²) in [5.41, 5.74) is 0.715. The summed E-state index contributed by atoms with van der Waals surface area (Å²) in [4.78, 5) is 14.4. The predicted molar refractivity (Wildman–Crippen MR) is 88.9 cm³/mol. The van der Waals surface area contributed by atoms with Crippen molar-refractivity contribution in [1.29, 1.82) is 0 Å². The quantitative estimate of drug-likeness (QED) is 0.846. The normalized spacial score (nSPS) is 20.6. The van der Waals surface area contributed by atoms with Gasteiger partial charge in [0.1, 0.15) is 0 Å². The molecule has 4 nitrogen and oxygen atoms in total. The third-order valence-electron chi connectivity index (χ3n) is 4.32. The second-order valence-electron chi connectivity index (χ2n) is 5.85. The van der Waals surface area contributed by atoms with Crippen molar-refractivity contribution in [2.24, 2.45) is 0 Å². The number of carbonyl (C=O) groups excluding carboxylic acids is 1. The van der Waals surface area contributed by atoms with E-state index >= 15 is 0 Å². The molecule has 0 aromatic heterocycles. The second-order valence-corrected chi connectivity index (χ2v) is 6.29. The second kappa shape index (κ2) is 8.51. The molecule has 0 saturated carbocycles. The van der Waals surface area contributed by atoms with Crippen molar-refractivity contribution >= 4 is 17.5 Å². The summed E-state index contributed by atoms with van der Waals surface area (Å²) in [7, 11) is 0. The third-order valence-corrected chi connectivity index (χ3v) is 4.58. The van der Waals surface area contributed by atoms with E-state index in [0.29, 0.717) is 23.2 Å². The number of halogens is 1. The van der Waals surface area contributed by atoms with Crippen LogP contribution in [0.5, 0.6) is 0 Å². The van der Waals surface area contributed by atoms with Crippen molar-refractivity contribution < 1.29 is 9.90 Å². The molecule has 1 aliphatic rings. The molecule has 1 aliphatic heterocycles. The number of hydrogen-bond acceptors (Lipinski definition) is 3. The fourth-order valence-electron chi connectivity index (χ4n) is 2.99. The average Bonchev–Trinajstić information content (AvgIpc) is 2.53. The third kappa shape index (κ3) is 4.97. The van der Waals surface area contributed by atoms with Crippen LogP contribution in [0.15, 0.2) is 24.3 Å². The lowest BCUT2D eigenvalue weighted by molar-refractivity contribution is -0.123. The topological polar surface area (TPSA) is 52.6 Å². The van der Waals surface area contributed by atoms with E-state index < -0.39 is 6.10 Å². The highest BCUT2D eigenvalue weighted by atomic mass is 35.5. The molecule has 2 N–H and O–H groups in total. The number of amides is 1. The molecule has 1 fully saturated rings. The lowest BCUT2D eigenvalue weighted by Crippen LogP contribution is -2.46. The maximum Gasteiger partial charge on any atom is 0.223 e. The summed E-state index contributed by atoms with van der Waals surface area (Å²) in [6.45, 7) is 4.96. The number of nitrogens with one attached hydrogen (secondary N) is 1. The van der Waals surface area contributed by atoms with Gasteiger partial charge >= 0.3 is 0 Å². The van der Waals surface area contributed by atoms with Gasteiger partial charge in [-0.15, -0.1) is 0 Å². The van der Waals surface area contributed by atoms with E-state index in [2.05, 4.69) is 17.1 Å². The van der Waals surface area contributed by atoms with Crippen molar-refractivity contribution in [3.8, 4) is 0 Å². The highest BCUT2D eigenvalue weighted by Crippen LogP contribution is 2.19. The van der Waals surface area contributed by atoms with E-state index in [4.69, 9.17) is 11.6 Å². The maximum absolute atomic E-state index is 12.0. The molecule has 0 spiro atoms. The van der Waals surface area contributed by atoms with Crippen LogP contribution in [0.4, 0.5) is 0 Å². The number of aliphatic hydroxyl groups is 1. The fourth-order valence-corrected chi connectivity index (χ4v) is 3.12. The molecule has 1 aromatic carbocycles. The molecule has 0 radical (unpaired) electrons. The monoisotopic (exact) mass is 324 g/mol. The number of likely N-dealkylation sites (tertiary alicyclic amines) is 1. The van der Waals surface area contributed by atoms with E-state index in [1.165, 1.54) is 12.8 Å². The summed E-state index contributed by atoms with van der Waals surface area (Å²) in [5.74, 6) is -0.107. The number of benzene rings is 1. The molecule has 2 rings (SSSR count). The highest BCUT2D eigenvalue weighted by molar-refractivity contribution is 6.30. The summed E-state index contributed by atoms with van der Waals surface area (Å²) >= 11 is 5.82. The largest absolute Gasteiger partial charge is 0.388 e. The van der Waals surface area contributed by atoms with Gasteiger partial charge in [-0.3, -0.25) is 9.69 Å². The van der Waals surface area contributed by atoms with E-state index in [0.717, 1.165) is 19.5 Å². The van der Waals surface area contributed by atoms with Gasteiger partial charge < -0.3 is 10.4 Å². The van der Waals surface area contributed by atoms with E-state index in [1.54, 1.807) is 24.3 Å². The molecule has 0 bridgehead atoms. The molecular formula is C17H25ClN2O2. The Hall–Kier alpha value is -1.10. The first-order chi connectivity index (χ1) is 10.6. The zero-order chi connectivity index (χ0) is 15.9. The molecule has 0 aliphatic carbocycles. The van der Waals surface area contributed by atoms with Crippen molar-refractivity contribution in [2.45, 2.75) is 44.8 Å². The van der Waals surface area contributed by atoms with Gasteiger partial charge in [-0.25, -0.2) is 0 Å². The van der Waals surface area contributed by atoms with Crippen LogP contribution < -0.4 is 5.32 Å². The maximum atomic E-state index is 12.0. The highest BCUT2D eigenvalue weighted by Gasteiger charge is 2.21. The van der Waals surface area contributed by atoms with Crippen molar-refractivity contribution in [2.75, 3.05) is 19.6 Å². The number of carbonyl (C=O) groups is 1. The predicted octanol–water partition coefficient (Wildman–Crippen LogP) is 2.75. The zero-order valence-corrected chi connectivity index (χ0v) is 13.9.